The summed E-state index contributed by atoms with van der Waals surface area (Å²) in [4.78, 5) is 0. The van der Waals surface area contributed by atoms with Crippen molar-refractivity contribution < 1.29 is 0 Å². The predicted octanol–water partition coefficient (Wildman–Crippen LogP) is 1.62. The zero-order chi connectivity index (χ0) is 6.95. The van der Waals surface area contributed by atoms with Crippen molar-refractivity contribution in [1.29, 1.82) is 0 Å². The van der Waals surface area contributed by atoms with E-state index in [4.69, 9.17) is 0 Å². The van der Waals surface area contributed by atoms with Crippen molar-refractivity contribution in [3.8, 4) is 11.8 Å². The van der Waals surface area contributed by atoms with Crippen LogP contribution in [0, 0.1) is 11.8 Å². The van der Waals surface area contributed by atoms with Crippen LogP contribution in [0.3, 0.4) is 0 Å². The molecule has 0 unspecified atom stereocenters. The van der Waals surface area contributed by atoms with E-state index in [0.717, 1.165) is 12.7 Å². The van der Waals surface area contributed by atoms with Crippen LogP contribution in [0.2, 0.25) is 6.32 Å². The normalized spacial score (nSPS) is 8.11. The van der Waals surface area contributed by atoms with Crippen LogP contribution in [0.1, 0.15) is 32.6 Å². The van der Waals surface area contributed by atoms with Crippen LogP contribution in [-0.2, 0) is 0 Å². The standard InChI is InChI=1S/C8H15B/c1-2-3-4-5-6-7-8-9/h2-5,8-9H2,1H3. The van der Waals surface area contributed by atoms with Crippen LogP contribution in [0.15, 0.2) is 0 Å². The SMILES string of the molecule is BCC#CCCCCC. The summed E-state index contributed by atoms with van der Waals surface area (Å²) in [6.45, 7) is 2.22. The van der Waals surface area contributed by atoms with Gasteiger partial charge < -0.3 is 0 Å². The van der Waals surface area contributed by atoms with Gasteiger partial charge in [0.1, 0.15) is 7.85 Å². The molecule has 0 N–H and O–H groups in total. The Kier molecular flexibility index (Phi) is 7.31. The summed E-state index contributed by atoms with van der Waals surface area (Å²) in [7, 11) is 2.09. The van der Waals surface area contributed by atoms with Gasteiger partial charge in [-0.25, -0.2) is 0 Å². The zero-order valence-electron chi connectivity index (χ0n) is 6.54. The summed E-state index contributed by atoms with van der Waals surface area (Å²) >= 11 is 0. The van der Waals surface area contributed by atoms with Crippen LogP contribution in [0.25, 0.3) is 0 Å². The molecule has 0 aromatic carbocycles. The Bertz CT molecular complexity index is 96.9. The van der Waals surface area contributed by atoms with Gasteiger partial charge in [-0.2, -0.15) is 0 Å². The van der Waals surface area contributed by atoms with Gasteiger partial charge in [0.2, 0.25) is 0 Å². The van der Waals surface area contributed by atoms with Gasteiger partial charge in [-0.15, -0.1) is 11.8 Å². The highest BCUT2D eigenvalue weighted by molar-refractivity contribution is 6.10. The number of hydrogen-bond acceptors (Lipinski definition) is 0. The van der Waals surface area contributed by atoms with E-state index in [0.29, 0.717) is 0 Å². The summed E-state index contributed by atoms with van der Waals surface area (Å²) in [6.07, 6.45) is 6.02. The molecule has 1 heteroatoms. The second-order valence-electron chi connectivity index (χ2n) is 2.16. The molecule has 50 valence electrons. The lowest BCUT2D eigenvalue weighted by atomic mass is 10.1. The van der Waals surface area contributed by atoms with Crippen LogP contribution < -0.4 is 0 Å². The summed E-state index contributed by atoms with van der Waals surface area (Å²) in [5, 5.41) is 0. The first-order valence-electron chi connectivity index (χ1n) is 3.87. The molecule has 0 heterocycles. The van der Waals surface area contributed by atoms with Crippen molar-refractivity contribution in [3.63, 3.8) is 0 Å². The molecule has 0 atom stereocenters. The number of hydrogen-bond donors (Lipinski definition) is 0. The summed E-state index contributed by atoms with van der Waals surface area (Å²) in [6, 6.07) is 0. The molecule has 0 spiro atoms. The molecule has 0 aliphatic rings. The van der Waals surface area contributed by atoms with Crippen LogP contribution >= 0.6 is 0 Å². The largest absolute Gasteiger partial charge is 0.116 e. The lowest BCUT2D eigenvalue weighted by Gasteiger charge is -1.87. The zero-order valence-corrected chi connectivity index (χ0v) is 6.54. The third kappa shape index (κ3) is 7.62. The van der Waals surface area contributed by atoms with Crippen molar-refractivity contribution in [2.45, 2.75) is 38.9 Å². The van der Waals surface area contributed by atoms with Crippen molar-refractivity contribution >= 4 is 7.85 Å². The van der Waals surface area contributed by atoms with Crippen LogP contribution in [0.4, 0.5) is 0 Å². The van der Waals surface area contributed by atoms with Gasteiger partial charge in [-0.3, -0.25) is 0 Å². The molecule has 0 amide bonds. The van der Waals surface area contributed by atoms with E-state index in [1.165, 1.54) is 19.3 Å². The molecular formula is C8H15B. The average Bonchev–Trinajstić information content (AvgIpc) is 1.89. The van der Waals surface area contributed by atoms with Gasteiger partial charge in [-0.1, -0.05) is 19.8 Å². The second-order valence-corrected chi connectivity index (χ2v) is 2.16. The van der Waals surface area contributed by atoms with Crippen LogP contribution in [-0.4, -0.2) is 7.85 Å². The monoisotopic (exact) mass is 122 g/mol. The third-order valence-electron chi connectivity index (χ3n) is 1.21. The predicted molar refractivity (Wildman–Crippen MR) is 45.3 cm³/mol. The van der Waals surface area contributed by atoms with E-state index in [9.17, 15) is 0 Å². The topological polar surface area (TPSA) is 0 Å². The van der Waals surface area contributed by atoms with Gasteiger partial charge in [0.15, 0.2) is 0 Å². The molecule has 0 saturated heterocycles. The first-order chi connectivity index (χ1) is 4.41. The smallest absolute Gasteiger partial charge is 0.112 e. The van der Waals surface area contributed by atoms with Gasteiger partial charge in [0.25, 0.3) is 0 Å². The molecule has 0 nitrogen and oxygen atoms in total. The van der Waals surface area contributed by atoms with Gasteiger partial charge in [0, 0.05) is 6.42 Å². The minimum absolute atomic E-state index is 1.01. The lowest BCUT2D eigenvalue weighted by molar-refractivity contribution is 0.737. The van der Waals surface area contributed by atoms with Crippen molar-refractivity contribution in [1.82, 2.24) is 0 Å². The molecule has 0 aliphatic carbocycles. The van der Waals surface area contributed by atoms with E-state index in [-0.39, 0.29) is 0 Å². The van der Waals surface area contributed by atoms with E-state index in [2.05, 4.69) is 26.6 Å². The summed E-state index contributed by atoms with van der Waals surface area (Å²) in [5.74, 6) is 6.18. The Morgan fingerprint density at radius 1 is 1.22 bits per heavy atom. The molecule has 0 aromatic rings. The maximum atomic E-state index is 3.12. The van der Waals surface area contributed by atoms with E-state index in [1.807, 2.05) is 0 Å². The Morgan fingerprint density at radius 2 is 2.00 bits per heavy atom. The number of rotatable bonds is 3. The molecule has 0 aliphatic heterocycles. The highest BCUT2D eigenvalue weighted by Gasteiger charge is 1.79. The van der Waals surface area contributed by atoms with E-state index in [1.54, 1.807) is 0 Å². The van der Waals surface area contributed by atoms with Crippen molar-refractivity contribution in [2.75, 3.05) is 0 Å². The Labute approximate surface area is 59.4 Å². The highest BCUT2D eigenvalue weighted by atomic mass is 13.8. The number of unbranched alkanes of at least 4 members (excludes halogenated alkanes) is 3. The molecule has 0 bridgehead atoms. The van der Waals surface area contributed by atoms with Crippen LogP contribution in [0.5, 0.6) is 0 Å². The Hall–Kier alpha value is -0.375. The maximum Gasteiger partial charge on any atom is 0.116 e. The van der Waals surface area contributed by atoms with E-state index < -0.39 is 0 Å². The van der Waals surface area contributed by atoms with E-state index >= 15 is 0 Å². The molecule has 0 rings (SSSR count). The summed E-state index contributed by atoms with van der Waals surface area (Å²) < 4.78 is 0. The third-order valence-corrected chi connectivity index (χ3v) is 1.21. The Balaban J connectivity index is 2.90. The molecule has 0 fully saturated rings. The quantitative estimate of drug-likeness (QED) is 0.303. The fraction of sp³-hybridized carbons (Fsp3) is 0.750. The fourth-order valence-electron chi connectivity index (χ4n) is 0.677. The second kappa shape index (κ2) is 7.62. The van der Waals surface area contributed by atoms with Gasteiger partial charge in [0.05, 0.1) is 0 Å². The minimum atomic E-state index is 1.01. The first-order valence-corrected chi connectivity index (χ1v) is 3.87. The molecule has 9 heavy (non-hydrogen) atoms. The fourth-order valence-corrected chi connectivity index (χ4v) is 0.677. The maximum absolute atomic E-state index is 3.12. The molecule has 0 saturated carbocycles. The molecule has 0 radical (unpaired) electrons. The minimum Gasteiger partial charge on any atom is -0.112 e. The molecular weight excluding hydrogens is 107 g/mol. The average molecular weight is 122 g/mol. The van der Waals surface area contributed by atoms with Gasteiger partial charge in [-0.05, 0) is 12.7 Å². The van der Waals surface area contributed by atoms with Gasteiger partial charge >= 0.3 is 0 Å². The molecule has 0 aromatic heterocycles. The first kappa shape index (κ1) is 8.62. The lowest BCUT2D eigenvalue weighted by Crippen LogP contribution is -1.70. The summed E-state index contributed by atoms with van der Waals surface area (Å²) in [5.41, 5.74) is 0. The van der Waals surface area contributed by atoms with Crippen molar-refractivity contribution in [2.24, 2.45) is 0 Å². The highest BCUT2D eigenvalue weighted by Crippen LogP contribution is 1.96. The van der Waals surface area contributed by atoms with Crippen molar-refractivity contribution in [3.05, 3.63) is 0 Å². The Morgan fingerprint density at radius 3 is 2.56 bits per heavy atom.